The lowest BCUT2D eigenvalue weighted by atomic mass is 9.63. The standard InChI is InChI=1S/C22H30N2O2/c1-26-18-11-12-19-21(14-18)24-22(25)20(23-19)6-4-2-3-5-17-13-15-7-9-16(17)10-8-15/h11-12,14-17H,2-10,13H2,1H3,(H,24,25). The third-order valence-electron chi connectivity index (χ3n) is 6.65. The average molecular weight is 354 g/mol. The Balaban J connectivity index is 1.28. The first-order chi connectivity index (χ1) is 12.7. The monoisotopic (exact) mass is 354 g/mol. The van der Waals surface area contributed by atoms with Crippen LogP contribution in [-0.2, 0) is 6.42 Å². The second-order valence-corrected chi connectivity index (χ2v) is 8.27. The highest BCUT2D eigenvalue weighted by molar-refractivity contribution is 5.75. The fraction of sp³-hybridized carbons (Fsp3) is 0.636. The first-order valence-corrected chi connectivity index (χ1v) is 10.3. The van der Waals surface area contributed by atoms with Gasteiger partial charge in [-0.05, 0) is 62.0 Å². The summed E-state index contributed by atoms with van der Waals surface area (Å²) in [4.78, 5) is 19.8. The Kier molecular flexibility index (Phi) is 5.28. The molecular formula is C22H30N2O2. The number of unbranched alkanes of at least 4 members (excludes halogenated alkanes) is 2. The van der Waals surface area contributed by atoms with Gasteiger partial charge in [-0.3, -0.25) is 4.79 Å². The number of rotatable bonds is 7. The van der Waals surface area contributed by atoms with Gasteiger partial charge in [-0.15, -0.1) is 0 Å². The number of aryl methyl sites for hydroxylation is 1. The van der Waals surface area contributed by atoms with E-state index in [1.165, 1.54) is 51.4 Å². The smallest absolute Gasteiger partial charge is 0.270 e. The molecule has 1 unspecified atom stereocenters. The van der Waals surface area contributed by atoms with Crippen molar-refractivity contribution in [2.45, 2.75) is 64.2 Å². The average Bonchev–Trinajstić information content (AvgIpc) is 2.68. The van der Waals surface area contributed by atoms with Crippen molar-refractivity contribution in [2.75, 3.05) is 7.11 Å². The molecule has 0 saturated heterocycles. The third kappa shape index (κ3) is 3.79. The summed E-state index contributed by atoms with van der Waals surface area (Å²) in [7, 11) is 1.62. The van der Waals surface area contributed by atoms with Gasteiger partial charge in [0.2, 0.25) is 0 Å². The summed E-state index contributed by atoms with van der Waals surface area (Å²) < 4.78 is 5.20. The van der Waals surface area contributed by atoms with Crippen LogP contribution in [0.1, 0.15) is 63.5 Å². The molecule has 0 amide bonds. The molecule has 5 rings (SSSR count). The lowest BCUT2D eigenvalue weighted by Crippen LogP contribution is -2.31. The zero-order valence-electron chi connectivity index (χ0n) is 15.8. The number of hydrogen-bond donors (Lipinski definition) is 1. The van der Waals surface area contributed by atoms with Crippen molar-refractivity contribution in [3.05, 3.63) is 34.2 Å². The molecule has 3 fully saturated rings. The molecule has 3 aliphatic rings. The minimum Gasteiger partial charge on any atom is -0.497 e. The highest BCUT2D eigenvalue weighted by Gasteiger charge is 2.34. The zero-order chi connectivity index (χ0) is 17.9. The number of methoxy groups -OCH3 is 1. The van der Waals surface area contributed by atoms with E-state index >= 15 is 0 Å². The summed E-state index contributed by atoms with van der Waals surface area (Å²) in [5.74, 6) is 3.77. The molecule has 0 radical (unpaired) electrons. The number of hydrogen-bond acceptors (Lipinski definition) is 3. The minimum absolute atomic E-state index is 0.0599. The van der Waals surface area contributed by atoms with Crippen LogP contribution < -0.4 is 10.3 Å². The van der Waals surface area contributed by atoms with E-state index < -0.39 is 0 Å². The third-order valence-corrected chi connectivity index (χ3v) is 6.65. The molecule has 0 spiro atoms. The molecular weight excluding hydrogens is 324 g/mol. The predicted octanol–water partition coefficient (Wildman–Crippen LogP) is 4.86. The molecule has 2 bridgehead atoms. The van der Waals surface area contributed by atoms with Gasteiger partial charge in [-0.25, -0.2) is 4.98 Å². The van der Waals surface area contributed by atoms with Crippen LogP contribution in [0.25, 0.3) is 11.0 Å². The Morgan fingerprint density at radius 1 is 1.15 bits per heavy atom. The van der Waals surface area contributed by atoms with Gasteiger partial charge in [-0.2, -0.15) is 0 Å². The van der Waals surface area contributed by atoms with Crippen LogP contribution in [0.3, 0.4) is 0 Å². The summed E-state index contributed by atoms with van der Waals surface area (Å²) >= 11 is 0. The van der Waals surface area contributed by atoms with Crippen LogP contribution in [0.4, 0.5) is 0 Å². The maximum Gasteiger partial charge on any atom is 0.270 e. The summed E-state index contributed by atoms with van der Waals surface area (Å²) in [6.45, 7) is 0. The van der Waals surface area contributed by atoms with Crippen molar-refractivity contribution in [1.82, 2.24) is 9.97 Å². The SMILES string of the molecule is COc1ccc2nc(CCCCCC3CC4CCC3CC4)c(=O)[nH]c2c1. The lowest BCUT2D eigenvalue weighted by molar-refractivity contribution is 0.0910. The van der Waals surface area contributed by atoms with Gasteiger partial charge in [0.05, 0.1) is 18.1 Å². The first-order valence-electron chi connectivity index (χ1n) is 10.3. The second-order valence-electron chi connectivity index (χ2n) is 8.27. The molecule has 1 atom stereocenters. The number of aromatic amines is 1. The quantitative estimate of drug-likeness (QED) is 0.722. The molecule has 2 aromatic rings. The van der Waals surface area contributed by atoms with Crippen LogP contribution >= 0.6 is 0 Å². The van der Waals surface area contributed by atoms with Crippen LogP contribution in [0, 0.1) is 17.8 Å². The van der Waals surface area contributed by atoms with E-state index in [0.29, 0.717) is 5.69 Å². The number of nitrogens with zero attached hydrogens (tertiary/aromatic N) is 1. The fourth-order valence-corrected chi connectivity index (χ4v) is 5.15. The molecule has 3 saturated carbocycles. The zero-order valence-corrected chi connectivity index (χ0v) is 15.8. The Bertz CT molecular complexity index is 805. The second kappa shape index (κ2) is 7.81. The van der Waals surface area contributed by atoms with E-state index in [2.05, 4.69) is 9.97 Å². The van der Waals surface area contributed by atoms with Crippen LogP contribution in [-0.4, -0.2) is 17.1 Å². The van der Waals surface area contributed by atoms with E-state index in [4.69, 9.17) is 4.74 Å². The predicted molar refractivity (Wildman–Crippen MR) is 105 cm³/mol. The van der Waals surface area contributed by atoms with Gasteiger partial charge in [0.1, 0.15) is 11.4 Å². The molecule has 1 N–H and O–H groups in total. The van der Waals surface area contributed by atoms with Crippen LogP contribution in [0.5, 0.6) is 5.75 Å². The molecule has 26 heavy (non-hydrogen) atoms. The fourth-order valence-electron chi connectivity index (χ4n) is 5.15. The highest BCUT2D eigenvalue weighted by Crippen LogP contribution is 2.46. The largest absolute Gasteiger partial charge is 0.497 e. The van der Waals surface area contributed by atoms with Gasteiger partial charge in [0.15, 0.2) is 0 Å². The Morgan fingerprint density at radius 2 is 2.00 bits per heavy atom. The van der Waals surface area contributed by atoms with Gasteiger partial charge in [-0.1, -0.05) is 32.1 Å². The van der Waals surface area contributed by atoms with Crippen molar-refractivity contribution in [3.8, 4) is 5.75 Å². The van der Waals surface area contributed by atoms with Crippen molar-refractivity contribution in [2.24, 2.45) is 17.8 Å². The topological polar surface area (TPSA) is 55.0 Å². The number of benzene rings is 1. The normalized spacial score (nSPS) is 24.9. The molecule has 0 aliphatic heterocycles. The van der Waals surface area contributed by atoms with E-state index in [1.54, 1.807) is 7.11 Å². The van der Waals surface area contributed by atoms with Crippen molar-refractivity contribution < 1.29 is 4.74 Å². The molecule has 140 valence electrons. The Morgan fingerprint density at radius 3 is 2.73 bits per heavy atom. The number of fused-ring (bicyclic) bond motifs is 4. The van der Waals surface area contributed by atoms with E-state index in [1.807, 2.05) is 18.2 Å². The number of H-pyrrole nitrogens is 1. The molecule has 1 aromatic heterocycles. The molecule has 3 aliphatic carbocycles. The van der Waals surface area contributed by atoms with Crippen LogP contribution in [0.2, 0.25) is 0 Å². The Hall–Kier alpha value is -1.84. The van der Waals surface area contributed by atoms with Gasteiger partial charge in [0, 0.05) is 6.07 Å². The lowest BCUT2D eigenvalue weighted by Gasteiger charge is -2.42. The number of ether oxygens (including phenoxy) is 1. The van der Waals surface area contributed by atoms with Gasteiger partial charge < -0.3 is 9.72 Å². The summed E-state index contributed by atoms with van der Waals surface area (Å²) in [5.41, 5.74) is 2.18. The highest BCUT2D eigenvalue weighted by atomic mass is 16.5. The van der Waals surface area contributed by atoms with Crippen LogP contribution in [0.15, 0.2) is 23.0 Å². The minimum atomic E-state index is -0.0599. The summed E-state index contributed by atoms with van der Waals surface area (Å²) in [6, 6.07) is 5.62. The van der Waals surface area contributed by atoms with Gasteiger partial charge >= 0.3 is 0 Å². The maximum atomic E-state index is 12.3. The van der Waals surface area contributed by atoms with Gasteiger partial charge in [0.25, 0.3) is 5.56 Å². The number of aromatic nitrogens is 2. The van der Waals surface area contributed by atoms with E-state index in [0.717, 1.165) is 47.4 Å². The maximum absolute atomic E-state index is 12.3. The van der Waals surface area contributed by atoms with E-state index in [-0.39, 0.29) is 5.56 Å². The van der Waals surface area contributed by atoms with Crippen molar-refractivity contribution in [3.63, 3.8) is 0 Å². The Labute approximate surface area is 155 Å². The summed E-state index contributed by atoms with van der Waals surface area (Å²) in [6.07, 6.45) is 13.2. The van der Waals surface area contributed by atoms with E-state index in [9.17, 15) is 4.79 Å². The molecule has 4 heteroatoms. The van der Waals surface area contributed by atoms with Crippen molar-refractivity contribution in [1.29, 1.82) is 0 Å². The molecule has 4 nitrogen and oxygen atoms in total. The summed E-state index contributed by atoms with van der Waals surface area (Å²) in [5, 5.41) is 0. The van der Waals surface area contributed by atoms with Crippen molar-refractivity contribution >= 4 is 11.0 Å². The first kappa shape index (κ1) is 17.6. The molecule has 1 heterocycles. The number of nitrogens with one attached hydrogen (secondary N) is 1. The molecule has 1 aromatic carbocycles.